The summed E-state index contributed by atoms with van der Waals surface area (Å²) in [5, 5.41) is 0. The number of ether oxygens (including phenoxy) is 1. The van der Waals surface area contributed by atoms with Crippen LogP contribution in [-0.2, 0) is 14.3 Å². The Bertz CT molecular complexity index is 363. The Balaban J connectivity index is 1.72. The third-order valence-electron chi connectivity index (χ3n) is 2.69. The van der Waals surface area contributed by atoms with Crippen molar-refractivity contribution in [2.45, 2.75) is 12.8 Å². The van der Waals surface area contributed by atoms with Gasteiger partial charge in [0.25, 0.3) is 0 Å². The molecule has 2 rings (SSSR count). The number of hydrogen-bond donors (Lipinski definition) is 0. The molecule has 0 spiro atoms. The van der Waals surface area contributed by atoms with Crippen molar-refractivity contribution in [3.63, 3.8) is 0 Å². The highest BCUT2D eigenvalue weighted by Crippen LogP contribution is 2.16. The Morgan fingerprint density at radius 3 is 1.47 bits per heavy atom. The molecule has 17 heavy (non-hydrogen) atoms. The van der Waals surface area contributed by atoms with Crippen LogP contribution in [0.3, 0.4) is 0 Å². The van der Waals surface area contributed by atoms with Gasteiger partial charge < -0.3 is 4.74 Å². The van der Waals surface area contributed by atoms with Gasteiger partial charge in [0.1, 0.15) is 0 Å². The van der Waals surface area contributed by atoms with Crippen molar-refractivity contribution in [3.8, 4) is 0 Å². The Morgan fingerprint density at radius 2 is 1.12 bits per heavy atom. The lowest BCUT2D eigenvalue weighted by molar-refractivity contribution is -0.160. The van der Waals surface area contributed by atoms with Gasteiger partial charge in [-0.05, 0) is 0 Å². The zero-order valence-electron chi connectivity index (χ0n) is 9.41. The molecule has 0 saturated carbocycles. The lowest BCUT2D eigenvalue weighted by atomic mass is 10.1. The fourth-order valence-corrected chi connectivity index (χ4v) is 1.82. The zero-order chi connectivity index (χ0) is 12.1. The first-order chi connectivity index (χ1) is 8.24. The van der Waals surface area contributed by atoms with Gasteiger partial charge in [0.05, 0.1) is 12.8 Å². The van der Waals surface area contributed by atoms with Gasteiger partial charge in [-0.3, -0.25) is 9.59 Å². The lowest BCUT2D eigenvalue weighted by Crippen LogP contribution is -2.16. The average molecular weight is 230 g/mol. The summed E-state index contributed by atoms with van der Waals surface area (Å²) in [7, 11) is 0. The summed E-state index contributed by atoms with van der Waals surface area (Å²) in [5.74, 6) is -0.771. The molecule has 2 aliphatic rings. The van der Waals surface area contributed by atoms with Crippen LogP contribution in [0.4, 0.5) is 0 Å². The normalized spacial score (nSPS) is 18.1. The van der Waals surface area contributed by atoms with Crippen LogP contribution >= 0.6 is 0 Å². The van der Waals surface area contributed by atoms with Crippen molar-refractivity contribution >= 4 is 11.9 Å². The Kier molecular flexibility index (Phi) is 3.70. The molecule has 0 aromatic heterocycles. The predicted molar refractivity (Wildman–Crippen MR) is 63.9 cm³/mol. The topological polar surface area (TPSA) is 43.4 Å². The average Bonchev–Trinajstić information content (AvgIpc) is 2.90. The number of hydrogen-bond acceptors (Lipinski definition) is 3. The van der Waals surface area contributed by atoms with Crippen molar-refractivity contribution in [1.82, 2.24) is 0 Å². The summed E-state index contributed by atoms with van der Waals surface area (Å²) < 4.78 is 4.76. The summed E-state index contributed by atoms with van der Waals surface area (Å²) >= 11 is 0. The number of esters is 2. The molecule has 0 bridgehead atoms. The van der Waals surface area contributed by atoms with E-state index in [1.165, 1.54) is 0 Å². The molecule has 0 saturated heterocycles. The Labute approximate surface area is 100 Å². The zero-order valence-corrected chi connectivity index (χ0v) is 9.41. The van der Waals surface area contributed by atoms with Gasteiger partial charge in [0, 0.05) is 11.8 Å². The molecule has 3 heteroatoms. The first kappa shape index (κ1) is 11.6. The van der Waals surface area contributed by atoms with E-state index in [4.69, 9.17) is 4.74 Å². The van der Waals surface area contributed by atoms with Crippen LogP contribution in [0.25, 0.3) is 0 Å². The number of carbonyl (C=O) groups is 2. The smallest absolute Gasteiger partial charge is 0.314 e. The van der Waals surface area contributed by atoms with E-state index in [0.717, 1.165) is 0 Å². The standard InChI is InChI=1S/C14H14O3/c15-13(9-11-5-1-2-6-11)17-14(16)10-12-7-3-4-8-12/h1-8,11-12H,9-10H2. The van der Waals surface area contributed by atoms with Crippen LogP contribution in [0, 0.1) is 11.8 Å². The van der Waals surface area contributed by atoms with Crippen LogP contribution in [0.5, 0.6) is 0 Å². The van der Waals surface area contributed by atoms with Gasteiger partial charge >= 0.3 is 11.9 Å². The minimum Gasteiger partial charge on any atom is -0.393 e. The summed E-state index contributed by atoms with van der Waals surface area (Å²) in [6, 6.07) is 0. The number of rotatable bonds is 4. The molecular weight excluding hydrogens is 216 g/mol. The molecule has 0 N–H and O–H groups in total. The highest BCUT2D eigenvalue weighted by Gasteiger charge is 2.17. The molecule has 3 nitrogen and oxygen atoms in total. The van der Waals surface area contributed by atoms with Crippen molar-refractivity contribution in [1.29, 1.82) is 0 Å². The number of allylic oxidation sites excluding steroid dienone is 8. The molecule has 0 fully saturated rings. The maximum Gasteiger partial charge on any atom is 0.314 e. The molecule has 0 radical (unpaired) electrons. The van der Waals surface area contributed by atoms with Gasteiger partial charge in [-0.2, -0.15) is 0 Å². The molecule has 0 atom stereocenters. The van der Waals surface area contributed by atoms with Gasteiger partial charge in [-0.15, -0.1) is 0 Å². The molecular formula is C14H14O3. The third-order valence-corrected chi connectivity index (χ3v) is 2.69. The second-order valence-corrected chi connectivity index (χ2v) is 4.12. The van der Waals surface area contributed by atoms with E-state index in [-0.39, 0.29) is 24.7 Å². The predicted octanol–water partition coefficient (Wildman–Crippen LogP) is 2.32. The Morgan fingerprint density at radius 1 is 0.765 bits per heavy atom. The molecule has 0 aromatic rings. The van der Waals surface area contributed by atoms with E-state index in [9.17, 15) is 9.59 Å². The van der Waals surface area contributed by atoms with E-state index in [1.807, 2.05) is 48.6 Å². The van der Waals surface area contributed by atoms with Crippen LogP contribution < -0.4 is 0 Å². The first-order valence-corrected chi connectivity index (χ1v) is 5.67. The summed E-state index contributed by atoms with van der Waals surface area (Å²) in [5.41, 5.74) is 0. The van der Waals surface area contributed by atoms with Crippen LogP contribution in [-0.4, -0.2) is 11.9 Å². The van der Waals surface area contributed by atoms with Crippen molar-refractivity contribution in [2.24, 2.45) is 11.8 Å². The number of carbonyl (C=O) groups excluding carboxylic acids is 2. The van der Waals surface area contributed by atoms with Crippen molar-refractivity contribution < 1.29 is 14.3 Å². The van der Waals surface area contributed by atoms with Crippen molar-refractivity contribution in [3.05, 3.63) is 48.6 Å². The molecule has 0 aliphatic heterocycles. The molecule has 0 amide bonds. The molecule has 0 aromatic carbocycles. The third kappa shape index (κ3) is 3.55. The van der Waals surface area contributed by atoms with E-state index in [1.54, 1.807) is 0 Å². The lowest BCUT2D eigenvalue weighted by Gasteiger charge is -2.07. The van der Waals surface area contributed by atoms with Crippen LogP contribution in [0.15, 0.2) is 48.6 Å². The fraction of sp³-hybridized carbons (Fsp3) is 0.286. The second kappa shape index (κ2) is 5.43. The van der Waals surface area contributed by atoms with Crippen LogP contribution in [0.2, 0.25) is 0 Å². The van der Waals surface area contributed by atoms with E-state index in [2.05, 4.69) is 0 Å². The fourth-order valence-electron chi connectivity index (χ4n) is 1.82. The largest absolute Gasteiger partial charge is 0.393 e. The minimum absolute atomic E-state index is 0.0709. The molecule has 0 heterocycles. The van der Waals surface area contributed by atoms with Gasteiger partial charge in [-0.25, -0.2) is 0 Å². The van der Waals surface area contributed by atoms with E-state index >= 15 is 0 Å². The monoisotopic (exact) mass is 230 g/mol. The maximum absolute atomic E-state index is 11.4. The molecule has 2 aliphatic carbocycles. The van der Waals surface area contributed by atoms with Gasteiger partial charge in [-0.1, -0.05) is 48.6 Å². The Hall–Kier alpha value is -1.90. The van der Waals surface area contributed by atoms with E-state index < -0.39 is 11.9 Å². The highest BCUT2D eigenvalue weighted by molar-refractivity contribution is 5.86. The van der Waals surface area contributed by atoms with Gasteiger partial charge in [0.2, 0.25) is 0 Å². The molecule has 0 unspecified atom stereocenters. The van der Waals surface area contributed by atoms with Crippen LogP contribution in [0.1, 0.15) is 12.8 Å². The highest BCUT2D eigenvalue weighted by atomic mass is 16.6. The maximum atomic E-state index is 11.4. The SMILES string of the molecule is O=C(CC1C=CC=C1)OC(=O)CC1C=CC=C1. The quantitative estimate of drug-likeness (QED) is 0.550. The minimum atomic E-state index is -0.456. The van der Waals surface area contributed by atoms with Gasteiger partial charge in [0.15, 0.2) is 0 Å². The first-order valence-electron chi connectivity index (χ1n) is 5.67. The second-order valence-electron chi connectivity index (χ2n) is 4.12. The summed E-state index contributed by atoms with van der Waals surface area (Å²) in [4.78, 5) is 22.9. The summed E-state index contributed by atoms with van der Waals surface area (Å²) in [6.07, 6.45) is 15.6. The van der Waals surface area contributed by atoms with Crippen molar-refractivity contribution in [2.75, 3.05) is 0 Å². The molecule has 88 valence electrons. The van der Waals surface area contributed by atoms with E-state index in [0.29, 0.717) is 0 Å². The summed E-state index contributed by atoms with van der Waals surface area (Å²) in [6.45, 7) is 0.